The normalized spacial score (nSPS) is 25.3. The minimum absolute atomic E-state index is 0.307. The summed E-state index contributed by atoms with van der Waals surface area (Å²) in [6.45, 7) is 1.29. The van der Waals surface area contributed by atoms with Gasteiger partial charge in [0.05, 0.1) is 23.6 Å². The third kappa shape index (κ3) is 3.43. The third-order valence-electron chi connectivity index (χ3n) is 6.04. The quantitative estimate of drug-likeness (QED) is 0.299. The minimum atomic E-state index is -0.950. The molecule has 2 fully saturated rings. The van der Waals surface area contributed by atoms with Gasteiger partial charge in [0.1, 0.15) is 11.8 Å². The predicted molar refractivity (Wildman–Crippen MR) is 120 cm³/mol. The number of benzene rings is 2. The molecule has 0 unspecified atom stereocenters. The van der Waals surface area contributed by atoms with Gasteiger partial charge in [-0.25, -0.2) is 4.90 Å². The number of fused-ring (bicyclic) bond motifs is 3. The SMILES string of the molecule is CC(=O)Oc1ccc(C(=O)[C@H]2[C@H]3C(=O)N(c4ccc(Cl)cc4)C(=O)[C@@H]3[C@H]3C=CC=NN32)cc1. The fraction of sp³-hybridized carbons (Fsp3) is 0.208. The number of Topliss-reactive ketones (excluding diaryl/α,β-unsaturated/α-hetero) is 1. The van der Waals surface area contributed by atoms with Gasteiger partial charge >= 0.3 is 5.97 Å². The molecule has 0 bridgehead atoms. The Balaban J connectivity index is 1.51. The Hall–Kier alpha value is -3.78. The molecule has 2 saturated heterocycles. The maximum Gasteiger partial charge on any atom is 0.308 e. The van der Waals surface area contributed by atoms with Crippen LogP contribution in [0.1, 0.15) is 17.3 Å². The van der Waals surface area contributed by atoms with Crippen LogP contribution in [0.4, 0.5) is 5.69 Å². The average molecular weight is 464 g/mol. The molecule has 0 aliphatic carbocycles. The Bertz CT molecular complexity index is 1220. The Labute approximate surface area is 194 Å². The zero-order chi connectivity index (χ0) is 23.3. The number of allylic oxidation sites excluding steroid dienone is 1. The number of nitrogens with zero attached hydrogens (tertiary/aromatic N) is 3. The maximum absolute atomic E-state index is 13.6. The summed E-state index contributed by atoms with van der Waals surface area (Å²) in [6.07, 6.45) is 5.04. The fourth-order valence-electron chi connectivity index (χ4n) is 4.71. The zero-order valence-corrected chi connectivity index (χ0v) is 18.2. The summed E-state index contributed by atoms with van der Waals surface area (Å²) in [5, 5.41) is 6.36. The number of hydrogen-bond acceptors (Lipinski definition) is 7. The highest BCUT2D eigenvalue weighted by Gasteiger charge is 2.64. The molecule has 2 aromatic rings. The summed E-state index contributed by atoms with van der Waals surface area (Å²) >= 11 is 5.96. The summed E-state index contributed by atoms with van der Waals surface area (Å²) in [5.74, 6) is -2.95. The van der Waals surface area contributed by atoms with Gasteiger partial charge in [-0.15, -0.1) is 0 Å². The molecule has 8 nitrogen and oxygen atoms in total. The van der Waals surface area contributed by atoms with E-state index in [0.29, 0.717) is 22.0 Å². The number of imide groups is 1. The van der Waals surface area contributed by atoms with Crippen LogP contribution in [-0.4, -0.2) is 46.9 Å². The molecule has 0 spiro atoms. The average Bonchev–Trinajstić information content (AvgIpc) is 3.27. The first-order valence-corrected chi connectivity index (χ1v) is 10.7. The predicted octanol–water partition coefficient (Wildman–Crippen LogP) is 2.86. The van der Waals surface area contributed by atoms with Crippen molar-refractivity contribution in [2.45, 2.75) is 19.0 Å². The minimum Gasteiger partial charge on any atom is -0.427 e. The lowest BCUT2D eigenvalue weighted by Crippen LogP contribution is -2.46. The van der Waals surface area contributed by atoms with Gasteiger partial charge in [0.2, 0.25) is 11.8 Å². The van der Waals surface area contributed by atoms with Gasteiger partial charge in [-0.3, -0.25) is 24.2 Å². The van der Waals surface area contributed by atoms with E-state index in [-0.39, 0.29) is 11.7 Å². The van der Waals surface area contributed by atoms with Crippen LogP contribution in [0.5, 0.6) is 5.75 Å². The highest BCUT2D eigenvalue weighted by atomic mass is 35.5. The molecule has 0 radical (unpaired) electrons. The molecule has 9 heteroatoms. The van der Waals surface area contributed by atoms with Gasteiger partial charge in [-0.2, -0.15) is 5.10 Å². The lowest BCUT2D eigenvalue weighted by molar-refractivity contribution is -0.132. The van der Waals surface area contributed by atoms with Crippen molar-refractivity contribution < 1.29 is 23.9 Å². The van der Waals surface area contributed by atoms with E-state index in [2.05, 4.69) is 5.10 Å². The van der Waals surface area contributed by atoms with E-state index < -0.39 is 35.8 Å². The fourth-order valence-corrected chi connectivity index (χ4v) is 4.83. The smallest absolute Gasteiger partial charge is 0.308 e. The van der Waals surface area contributed by atoms with E-state index in [4.69, 9.17) is 16.3 Å². The van der Waals surface area contributed by atoms with Crippen LogP contribution in [0.15, 0.2) is 65.8 Å². The first-order valence-electron chi connectivity index (χ1n) is 10.3. The van der Waals surface area contributed by atoms with Crippen molar-refractivity contribution in [3.05, 3.63) is 71.3 Å². The number of halogens is 1. The van der Waals surface area contributed by atoms with Crippen molar-refractivity contribution in [2.75, 3.05) is 4.90 Å². The molecule has 0 saturated carbocycles. The third-order valence-corrected chi connectivity index (χ3v) is 6.30. The van der Waals surface area contributed by atoms with E-state index >= 15 is 0 Å². The Morgan fingerprint density at radius 2 is 1.64 bits per heavy atom. The summed E-state index contributed by atoms with van der Waals surface area (Å²) in [4.78, 5) is 52.8. The lowest BCUT2D eigenvalue weighted by Gasteiger charge is -2.30. The largest absolute Gasteiger partial charge is 0.427 e. The van der Waals surface area contributed by atoms with Gasteiger partial charge in [0.15, 0.2) is 5.78 Å². The number of rotatable bonds is 4. The molecule has 3 aliphatic rings. The molecule has 33 heavy (non-hydrogen) atoms. The van der Waals surface area contributed by atoms with Crippen molar-refractivity contribution >= 4 is 47.1 Å². The van der Waals surface area contributed by atoms with Gasteiger partial charge in [-0.1, -0.05) is 17.7 Å². The first-order chi connectivity index (χ1) is 15.9. The number of carbonyl (C=O) groups is 4. The van der Waals surface area contributed by atoms with Crippen molar-refractivity contribution in [1.82, 2.24) is 5.01 Å². The second-order valence-corrected chi connectivity index (χ2v) is 8.42. The Morgan fingerprint density at radius 3 is 2.30 bits per heavy atom. The molecule has 166 valence electrons. The molecule has 2 amide bonds. The van der Waals surface area contributed by atoms with Crippen LogP contribution < -0.4 is 9.64 Å². The summed E-state index contributed by atoms with van der Waals surface area (Å²) in [7, 11) is 0. The van der Waals surface area contributed by atoms with Crippen LogP contribution in [0.25, 0.3) is 0 Å². The van der Waals surface area contributed by atoms with E-state index in [1.807, 2.05) is 0 Å². The number of carbonyl (C=O) groups excluding carboxylic acids is 4. The number of ether oxygens (including phenoxy) is 1. The molecule has 5 rings (SSSR count). The first kappa shape index (κ1) is 21.1. The molecule has 0 aromatic heterocycles. The Kier molecular flexibility index (Phi) is 5.09. The van der Waals surface area contributed by atoms with E-state index in [1.165, 1.54) is 37.4 Å². The monoisotopic (exact) mass is 463 g/mol. The summed E-state index contributed by atoms with van der Waals surface area (Å²) < 4.78 is 5.02. The molecule has 4 atom stereocenters. The van der Waals surface area contributed by atoms with Crippen molar-refractivity contribution in [3.63, 3.8) is 0 Å². The molecule has 0 N–H and O–H groups in total. The molecule has 2 aromatic carbocycles. The maximum atomic E-state index is 13.6. The van der Waals surface area contributed by atoms with Crippen LogP contribution in [0.2, 0.25) is 5.02 Å². The van der Waals surface area contributed by atoms with Crippen molar-refractivity contribution in [2.24, 2.45) is 16.9 Å². The standard InChI is InChI=1S/C24H18ClN3O5/c1-13(29)33-17-10-4-14(5-11-17)22(30)21-20-19(18-3-2-12-26-28(18)21)23(31)27(24(20)32)16-8-6-15(25)7-9-16/h2-12,18-21H,1H3/t18-,19-,20+,21-/m1/s1. The van der Waals surface area contributed by atoms with Gasteiger partial charge in [0.25, 0.3) is 0 Å². The number of esters is 1. The van der Waals surface area contributed by atoms with E-state index in [1.54, 1.807) is 41.4 Å². The Morgan fingerprint density at radius 1 is 0.970 bits per heavy atom. The molecule has 3 heterocycles. The lowest BCUT2D eigenvalue weighted by atomic mass is 9.86. The number of hydrogen-bond donors (Lipinski definition) is 0. The number of amides is 2. The van der Waals surface area contributed by atoms with Crippen molar-refractivity contribution in [1.29, 1.82) is 0 Å². The summed E-state index contributed by atoms with van der Waals surface area (Å²) in [6, 6.07) is 11.1. The zero-order valence-electron chi connectivity index (χ0n) is 17.4. The van der Waals surface area contributed by atoms with Gasteiger partial charge in [0, 0.05) is 23.7 Å². The van der Waals surface area contributed by atoms with Crippen LogP contribution in [-0.2, 0) is 14.4 Å². The number of ketones is 1. The van der Waals surface area contributed by atoms with E-state index in [0.717, 1.165) is 4.90 Å². The second kappa shape index (κ2) is 7.97. The highest BCUT2D eigenvalue weighted by Crippen LogP contribution is 2.46. The van der Waals surface area contributed by atoms with E-state index in [9.17, 15) is 19.2 Å². The molecular formula is C24H18ClN3O5. The number of anilines is 1. The topological polar surface area (TPSA) is 96.3 Å². The van der Waals surface area contributed by atoms with Crippen LogP contribution in [0, 0.1) is 11.8 Å². The number of hydrazone groups is 1. The van der Waals surface area contributed by atoms with Gasteiger partial charge < -0.3 is 4.74 Å². The molecular weight excluding hydrogens is 446 g/mol. The highest BCUT2D eigenvalue weighted by molar-refractivity contribution is 6.31. The summed E-state index contributed by atoms with van der Waals surface area (Å²) in [5.41, 5.74) is 0.737. The van der Waals surface area contributed by atoms with Crippen LogP contribution in [0.3, 0.4) is 0 Å². The molecule has 3 aliphatic heterocycles. The van der Waals surface area contributed by atoms with Crippen molar-refractivity contribution in [3.8, 4) is 5.75 Å². The van der Waals surface area contributed by atoms with Gasteiger partial charge in [-0.05, 0) is 54.6 Å². The van der Waals surface area contributed by atoms with Crippen LogP contribution >= 0.6 is 11.6 Å². The second-order valence-electron chi connectivity index (χ2n) is 7.99.